The fraction of sp³-hybridized carbons (Fsp3) is 0.333. The summed E-state index contributed by atoms with van der Waals surface area (Å²) in [6.45, 7) is 8.85. The van der Waals surface area contributed by atoms with Crippen LogP contribution in [-0.4, -0.2) is 0 Å². The summed E-state index contributed by atoms with van der Waals surface area (Å²) in [5, 5.41) is 0. The lowest BCUT2D eigenvalue weighted by Crippen LogP contribution is -1.97. The van der Waals surface area contributed by atoms with Crippen molar-refractivity contribution in [3.63, 3.8) is 0 Å². The summed E-state index contributed by atoms with van der Waals surface area (Å²) in [6, 6.07) is 15.7. The summed E-state index contributed by atoms with van der Waals surface area (Å²) in [5.74, 6) is 0.692. The topological polar surface area (TPSA) is 0 Å². The lowest BCUT2D eigenvalue weighted by molar-refractivity contribution is 0.648. The van der Waals surface area contributed by atoms with E-state index in [1.54, 1.807) is 0 Å². The van der Waals surface area contributed by atoms with Gasteiger partial charge in [-0.15, -0.1) is 0 Å². The first-order chi connectivity index (χ1) is 8.56. The van der Waals surface area contributed by atoms with Gasteiger partial charge in [0.1, 0.15) is 0 Å². The van der Waals surface area contributed by atoms with Crippen LogP contribution < -0.4 is 0 Å². The number of aryl methyl sites for hydroxylation is 2. The standard InChI is InChI=1S/C18H22/c1-13(2)11-17-10-7-15(4)12-18(17)16-8-5-14(3)6-9-16/h5-10,12-13H,11H2,1-4H3. The Morgan fingerprint density at radius 2 is 1.44 bits per heavy atom. The lowest BCUT2D eigenvalue weighted by atomic mass is 9.92. The highest BCUT2D eigenvalue weighted by molar-refractivity contribution is 5.68. The van der Waals surface area contributed by atoms with E-state index in [0.29, 0.717) is 5.92 Å². The molecule has 0 heterocycles. The summed E-state index contributed by atoms with van der Waals surface area (Å²) in [7, 11) is 0. The van der Waals surface area contributed by atoms with Crippen LogP contribution in [0.3, 0.4) is 0 Å². The molecule has 0 bridgehead atoms. The van der Waals surface area contributed by atoms with Crippen LogP contribution in [0.25, 0.3) is 11.1 Å². The van der Waals surface area contributed by atoms with Crippen molar-refractivity contribution in [1.29, 1.82) is 0 Å². The SMILES string of the molecule is Cc1ccc(-c2cc(C)ccc2CC(C)C)cc1. The summed E-state index contributed by atoms with van der Waals surface area (Å²) in [6.07, 6.45) is 1.14. The minimum Gasteiger partial charge on any atom is -0.0625 e. The molecule has 0 nitrogen and oxygen atoms in total. The molecular weight excluding hydrogens is 216 g/mol. The zero-order chi connectivity index (χ0) is 13.1. The molecule has 0 radical (unpaired) electrons. The smallest absolute Gasteiger partial charge is 0.0149 e. The van der Waals surface area contributed by atoms with E-state index in [4.69, 9.17) is 0 Å². The van der Waals surface area contributed by atoms with Gasteiger partial charge < -0.3 is 0 Å². The maximum Gasteiger partial charge on any atom is -0.0149 e. The molecule has 0 atom stereocenters. The summed E-state index contributed by atoms with van der Waals surface area (Å²) >= 11 is 0. The van der Waals surface area contributed by atoms with Crippen LogP contribution in [0.5, 0.6) is 0 Å². The van der Waals surface area contributed by atoms with Gasteiger partial charge in [0, 0.05) is 0 Å². The van der Waals surface area contributed by atoms with Crippen molar-refractivity contribution in [3.8, 4) is 11.1 Å². The number of hydrogen-bond acceptors (Lipinski definition) is 0. The first-order valence-electron chi connectivity index (χ1n) is 6.73. The molecule has 0 unspecified atom stereocenters. The second kappa shape index (κ2) is 5.39. The molecular formula is C18H22. The highest BCUT2D eigenvalue weighted by Crippen LogP contribution is 2.27. The molecule has 2 rings (SSSR count). The molecule has 2 aromatic rings. The fourth-order valence-electron chi connectivity index (χ4n) is 2.31. The first kappa shape index (κ1) is 12.9. The first-order valence-corrected chi connectivity index (χ1v) is 6.73. The van der Waals surface area contributed by atoms with Crippen LogP contribution in [0, 0.1) is 19.8 Å². The van der Waals surface area contributed by atoms with Gasteiger partial charge in [0.25, 0.3) is 0 Å². The Kier molecular flexibility index (Phi) is 3.86. The van der Waals surface area contributed by atoms with Crippen molar-refractivity contribution >= 4 is 0 Å². The molecule has 0 saturated heterocycles. The van der Waals surface area contributed by atoms with Crippen molar-refractivity contribution in [1.82, 2.24) is 0 Å². The Morgan fingerprint density at radius 3 is 2.06 bits per heavy atom. The minimum absolute atomic E-state index is 0.692. The summed E-state index contributed by atoms with van der Waals surface area (Å²) in [4.78, 5) is 0. The van der Waals surface area contributed by atoms with Crippen LogP contribution in [0.15, 0.2) is 42.5 Å². The van der Waals surface area contributed by atoms with Crippen molar-refractivity contribution in [2.75, 3.05) is 0 Å². The Bertz CT molecular complexity index is 518. The molecule has 0 saturated carbocycles. The van der Waals surface area contributed by atoms with E-state index in [-0.39, 0.29) is 0 Å². The van der Waals surface area contributed by atoms with Crippen LogP contribution in [-0.2, 0) is 6.42 Å². The van der Waals surface area contributed by atoms with E-state index in [1.807, 2.05) is 0 Å². The van der Waals surface area contributed by atoms with E-state index >= 15 is 0 Å². The van der Waals surface area contributed by atoms with Gasteiger partial charge in [0.2, 0.25) is 0 Å². The average Bonchev–Trinajstić information content (AvgIpc) is 2.32. The Hall–Kier alpha value is -1.56. The molecule has 0 amide bonds. The predicted molar refractivity (Wildman–Crippen MR) is 79.9 cm³/mol. The highest BCUT2D eigenvalue weighted by atomic mass is 14.1. The summed E-state index contributed by atoms with van der Waals surface area (Å²) in [5.41, 5.74) is 6.83. The molecule has 0 aliphatic heterocycles. The van der Waals surface area contributed by atoms with Gasteiger partial charge in [-0.2, -0.15) is 0 Å². The van der Waals surface area contributed by atoms with Gasteiger partial charge in [-0.1, -0.05) is 67.4 Å². The Labute approximate surface area is 111 Å². The minimum atomic E-state index is 0.692. The van der Waals surface area contributed by atoms with Crippen molar-refractivity contribution in [2.45, 2.75) is 34.1 Å². The molecule has 0 aliphatic rings. The molecule has 94 valence electrons. The van der Waals surface area contributed by atoms with Crippen LogP contribution >= 0.6 is 0 Å². The van der Waals surface area contributed by atoms with E-state index in [0.717, 1.165) is 6.42 Å². The van der Waals surface area contributed by atoms with Crippen molar-refractivity contribution in [2.24, 2.45) is 5.92 Å². The third kappa shape index (κ3) is 3.01. The van der Waals surface area contributed by atoms with Crippen LogP contribution in [0.4, 0.5) is 0 Å². The second-order valence-electron chi connectivity index (χ2n) is 5.62. The molecule has 0 aromatic heterocycles. The number of rotatable bonds is 3. The van der Waals surface area contributed by atoms with E-state index in [2.05, 4.69) is 70.2 Å². The maximum atomic E-state index is 2.31. The zero-order valence-corrected chi connectivity index (χ0v) is 11.8. The molecule has 0 aliphatic carbocycles. The van der Waals surface area contributed by atoms with Gasteiger partial charge in [-0.25, -0.2) is 0 Å². The van der Waals surface area contributed by atoms with E-state index in [1.165, 1.54) is 27.8 Å². The molecule has 0 heteroatoms. The monoisotopic (exact) mass is 238 g/mol. The largest absolute Gasteiger partial charge is 0.0625 e. The average molecular weight is 238 g/mol. The molecule has 0 spiro atoms. The number of hydrogen-bond donors (Lipinski definition) is 0. The van der Waals surface area contributed by atoms with Crippen molar-refractivity contribution in [3.05, 3.63) is 59.2 Å². The van der Waals surface area contributed by atoms with E-state index < -0.39 is 0 Å². The van der Waals surface area contributed by atoms with Gasteiger partial charge >= 0.3 is 0 Å². The molecule has 2 aromatic carbocycles. The van der Waals surface area contributed by atoms with Gasteiger partial charge in [0.05, 0.1) is 0 Å². The predicted octanol–water partition coefficient (Wildman–Crippen LogP) is 5.17. The molecule has 18 heavy (non-hydrogen) atoms. The lowest BCUT2D eigenvalue weighted by Gasteiger charge is -2.13. The van der Waals surface area contributed by atoms with Crippen LogP contribution in [0.2, 0.25) is 0 Å². The van der Waals surface area contributed by atoms with E-state index in [9.17, 15) is 0 Å². The Morgan fingerprint density at radius 1 is 0.833 bits per heavy atom. The molecule has 0 fully saturated rings. The number of benzene rings is 2. The third-order valence-corrected chi connectivity index (χ3v) is 3.26. The van der Waals surface area contributed by atoms with Crippen molar-refractivity contribution < 1.29 is 0 Å². The van der Waals surface area contributed by atoms with Gasteiger partial charge in [-0.3, -0.25) is 0 Å². The normalized spacial score (nSPS) is 10.9. The van der Waals surface area contributed by atoms with Crippen LogP contribution in [0.1, 0.15) is 30.5 Å². The Balaban J connectivity index is 2.47. The van der Waals surface area contributed by atoms with Gasteiger partial charge in [0.15, 0.2) is 0 Å². The third-order valence-electron chi connectivity index (χ3n) is 3.26. The van der Waals surface area contributed by atoms with Gasteiger partial charge in [-0.05, 0) is 42.9 Å². The zero-order valence-electron chi connectivity index (χ0n) is 11.8. The quantitative estimate of drug-likeness (QED) is 0.692. The highest BCUT2D eigenvalue weighted by Gasteiger charge is 2.07. The summed E-state index contributed by atoms with van der Waals surface area (Å²) < 4.78 is 0. The second-order valence-corrected chi connectivity index (χ2v) is 5.62. The molecule has 0 N–H and O–H groups in total. The maximum absolute atomic E-state index is 2.31. The fourth-order valence-corrected chi connectivity index (χ4v) is 2.31.